The molecule has 0 aliphatic heterocycles. The van der Waals surface area contributed by atoms with Crippen LogP contribution in [-0.2, 0) is 0 Å². The lowest BCUT2D eigenvalue weighted by atomic mass is 10.0. The fourth-order valence-electron chi connectivity index (χ4n) is 1.70. The molecule has 0 atom stereocenters. The van der Waals surface area contributed by atoms with Crippen LogP contribution in [0, 0.1) is 6.92 Å². The number of aromatic nitrogens is 1. The van der Waals surface area contributed by atoms with Gasteiger partial charge >= 0.3 is 5.97 Å². The van der Waals surface area contributed by atoms with Gasteiger partial charge in [0.15, 0.2) is 0 Å². The predicted octanol–water partition coefficient (Wildman–Crippen LogP) is 3.41. The van der Waals surface area contributed by atoms with Gasteiger partial charge < -0.3 is 5.11 Å². The largest absolute Gasteiger partial charge is 0.478 e. The highest BCUT2D eigenvalue weighted by atomic mass is 35.5. The molecule has 17 heavy (non-hydrogen) atoms. The van der Waals surface area contributed by atoms with E-state index in [1.54, 1.807) is 6.07 Å². The predicted molar refractivity (Wildman–Crippen MR) is 66.4 cm³/mol. The molecule has 0 amide bonds. The van der Waals surface area contributed by atoms with E-state index in [0.29, 0.717) is 10.6 Å². The summed E-state index contributed by atoms with van der Waals surface area (Å²) in [6, 6.07) is 6.92. The van der Waals surface area contributed by atoms with Gasteiger partial charge in [0.25, 0.3) is 0 Å². The fraction of sp³-hybridized carbons (Fsp3) is 0.0769. The highest BCUT2D eigenvalue weighted by Crippen LogP contribution is 2.26. The molecule has 3 nitrogen and oxygen atoms in total. The summed E-state index contributed by atoms with van der Waals surface area (Å²) in [7, 11) is 0. The normalized spacial score (nSPS) is 10.2. The number of benzene rings is 1. The number of halogens is 1. The molecule has 1 aromatic heterocycles. The lowest BCUT2D eigenvalue weighted by molar-refractivity contribution is 0.0697. The van der Waals surface area contributed by atoms with E-state index < -0.39 is 5.97 Å². The van der Waals surface area contributed by atoms with Crippen LogP contribution in [0.25, 0.3) is 11.1 Å². The summed E-state index contributed by atoms with van der Waals surface area (Å²) in [5.74, 6) is -0.972. The number of aryl methyl sites for hydroxylation is 1. The topological polar surface area (TPSA) is 50.2 Å². The van der Waals surface area contributed by atoms with Crippen LogP contribution in [0.2, 0.25) is 5.02 Å². The standard InChI is InChI=1S/C13H10ClNO2/c1-8-4-9(6-10(14)5-8)12-7-15-3-2-11(12)13(16)17/h2-7H,1H3,(H,16,17). The Kier molecular flexibility index (Phi) is 3.11. The molecule has 2 aromatic rings. The highest BCUT2D eigenvalue weighted by Gasteiger charge is 2.11. The molecule has 0 spiro atoms. The van der Waals surface area contributed by atoms with Crippen LogP contribution in [-0.4, -0.2) is 16.1 Å². The number of nitrogens with zero attached hydrogens (tertiary/aromatic N) is 1. The van der Waals surface area contributed by atoms with Crippen LogP contribution in [0.1, 0.15) is 15.9 Å². The Labute approximate surface area is 104 Å². The number of hydrogen-bond donors (Lipinski definition) is 1. The minimum absolute atomic E-state index is 0.224. The van der Waals surface area contributed by atoms with Crippen molar-refractivity contribution in [3.8, 4) is 11.1 Å². The maximum absolute atomic E-state index is 11.1. The first-order valence-corrected chi connectivity index (χ1v) is 5.40. The average Bonchev–Trinajstić information content (AvgIpc) is 2.27. The van der Waals surface area contributed by atoms with Gasteiger partial charge in [-0.15, -0.1) is 0 Å². The number of pyridine rings is 1. The van der Waals surface area contributed by atoms with Crippen molar-refractivity contribution in [1.29, 1.82) is 0 Å². The molecule has 0 radical (unpaired) electrons. The lowest BCUT2D eigenvalue weighted by Crippen LogP contribution is -2.00. The van der Waals surface area contributed by atoms with E-state index >= 15 is 0 Å². The molecule has 0 unspecified atom stereocenters. The summed E-state index contributed by atoms with van der Waals surface area (Å²) < 4.78 is 0. The minimum Gasteiger partial charge on any atom is -0.478 e. The van der Waals surface area contributed by atoms with Gasteiger partial charge in [0.05, 0.1) is 5.56 Å². The Morgan fingerprint density at radius 2 is 2.12 bits per heavy atom. The smallest absolute Gasteiger partial charge is 0.336 e. The maximum Gasteiger partial charge on any atom is 0.336 e. The van der Waals surface area contributed by atoms with Crippen molar-refractivity contribution in [3.63, 3.8) is 0 Å². The van der Waals surface area contributed by atoms with Crippen molar-refractivity contribution >= 4 is 17.6 Å². The third kappa shape index (κ3) is 2.45. The summed E-state index contributed by atoms with van der Waals surface area (Å²) in [6.07, 6.45) is 3.00. The number of hydrogen-bond acceptors (Lipinski definition) is 2. The van der Waals surface area contributed by atoms with Gasteiger partial charge in [0.1, 0.15) is 0 Å². The molecule has 4 heteroatoms. The van der Waals surface area contributed by atoms with E-state index in [1.165, 1.54) is 18.5 Å². The summed E-state index contributed by atoms with van der Waals surface area (Å²) in [5, 5.41) is 9.69. The number of aromatic carboxylic acids is 1. The van der Waals surface area contributed by atoms with Crippen LogP contribution in [0.4, 0.5) is 0 Å². The molecular formula is C13H10ClNO2. The second-order valence-corrected chi connectivity index (χ2v) is 4.18. The number of carboxylic acid groups (broad SMARTS) is 1. The first kappa shape index (κ1) is 11.6. The maximum atomic E-state index is 11.1. The van der Waals surface area contributed by atoms with Gasteiger partial charge in [-0.05, 0) is 36.2 Å². The van der Waals surface area contributed by atoms with Crippen molar-refractivity contribution in [1.82, 2.24) is 4.98 Å². The third-order valence-electron chi connectivity index (χ3n) is 2.40. The second-order valence-electron chi connectivity index (χ2n) is 3.74. The van der Waals surface area contributed by atoms with Gasteiger partial charge in [0, 0.05) is 23.0 Å². The Bertz CT molecular complexity index is 561. The number of carboxylic acids is 1. The average molecular weight is 248 g/mol. The minimum atomic E-state index is -0.972. The molecule has 0 saturated carbocycles. The molecule has 0 aliphatic carbocycles. The van der Waals surface area contributed by atoms with Gasteiger partial charge in [-0.3, -0.25) is 4.98 Å². The van der Waals surface area contributed by atoms with Gasteiger partial charge in [-0.1, -0.05) is 17.7 Å². The SMILES string of the molecule is Cc1cc(Cl)cc(-c2cnccc2C(=O)O)c1. The Balaban J connectivity index is 2.64. The molecule has 0 bridgehead atoms. The molecule has 1 heterocycles. The van der Waals surface area contributed by atoms with E-state index in [1.807, 2.05) is 19.1 Å². The Hall–Kier alpha value is -1.87. The molecule has 0 fully saturated rings. The van der Waals surface area contributed by atoms with E-state index in [2.05, 4.69) is 4.98 Å². The number of carbonyl (C=O) groups is 1. The zero-order chi connectivity index (χ0) is 12.4. The molecule has 0 saturated heterocycles. The van der Waals surface area contributed by atoms with Gasteiger partial charge in [-0.2, -0.15) is 0 Å². The summed E-state index contributed by atoms with van der Waals surface area (Å²) in [4.78, 5) is 15.1. The zero-order valence-electron chi connectivity index (χ0n) is 9.14. The first-order chi connectivity index (χ1) is 8.08. The van der Waals surface area contributed by atoms with Crippen molar-refractivity contribution in [3.05, 3.63) is 52.8 Å². The van der Waals surface area contributed by atoms with Crippen molar-refractivity contribution in [2.45, 2.75) is 6.92 Å². The molecule has 0 aliphatic rings. The summed E-state index contributed by atoms with van der Waals surface area (Å²) in [5.41, 5.74) is 2.54. The quantitative estimate of drug-likeness (QED) is 0.885. The van der Waals surface area contributed by atoms with E-state index in [-0.39, 0.29) is 5.56 Å². The van der Waals surface area contributed by atoms with Gasteiger partial charge in [0.2, 0.25) is 0 Å². The number of rotatable bonds is 2. The molecule has 1 aromatic carbocycles. The van der Waals surface area contributed by atoms with Crippen molar-refractivity contribution < 1.29 is 9.90 Å². The monoisotopic (exact) mass is 247 g/mol. The van der Waals surface area contributed by atoms with Gasteiger partial charge in [-0.25, -0.2) is 4.79 Å². The van der Waals surface area contributed by atoms with E-state index in [0.717, 1.165) is 11.1 Å². The fourth-order valence-corrected chi connectivity index (χ4v) is 1.99. The Morgan fingerprint density at radius 1 is 1.35 bits per heavy atom. The van der Waals surface area contributed by atoms with Crippen molar-refractivity contribution in [2.24, 2.45) is 0 Å². The van der Waals surface area contributed by atoms with Crippen LogP contribution >= 0.6 is 11.6 Å². The van der Waals surface area contributed by atoms with E-state index in [9.17, 15) is 4.79 Å². The lowest BCUT2D eigenvalue weighted by Gasteiger charge is -2.07. The summed E-state index contributed by atoms with van der Waals surface area (Å²) in [6.45, 7) is 1.91. The van der Waals surface area contributed by atoms with Crippen LogP contribution in [0.3, 0.4) is 0 Å². The van der Waals surface area contributed by atoms with Crippen LogP contribution in [0.5, 0.6) is 0 Å². The molecule has 86 valence electrons. The van der Waals surface area contributed by atoms with Crippen LogP contribution in [0.15, 0.2) is 36.7 Å². The third-order valence-corrected chi connectivity index (χ3v) is 2.62. The molecule has 1 N–H and O–H groups in total. The summed E-state index contributed by atoms with van der Waals surface area (Å²) >= 11 is 5.96. The van der Waals surface area contributed by atoms with Crippen LogP contribution < -0.4 is 0 Å². The molecule has 2 rings (SSSR count). The first-order valence-electron chi connectivity index (χ1n) is 5.03. The van der Waals surface area contributed by atoms with E-state index in [4.69, 9.17) is 16.7 Å². The Morgan fingerprint density at radius 3 is 2.76 bits per heavy atom. The zero-order valence-corrected chi connectivity index (χ0v) is 9.90. The molecular weight excluding hydrogens is 238 g/mol. The van der Waals surface area contributed by atoms with Crippen molar-refractivity contribution in [2.75, 3.05) is 0 Å². The second kappa shape index (κ2) is 4.55. The highest BCUT2D eigenvalue weighted by molar-refractivity contribution is 6.31.